The van der Waals surface area contributed by atoms with Gasteiger partial charge in [0.25, 0.3) is 0 Å². The lowest BCUT2D eigenvalue weighted by atomic mass is 10.0. The molecule has 27 heavy (non-hydrogen) atoms. The second-order valence-electron chi connectivity index (χ2n) is 7.31. The number of anilines is 1. The van der Waals surface area contributed by atoms with Gasteiger partial charge >= 0.3 is 0 Å². The lowest BCUT2D eigenvalue weighted by Crippen LogP contribution is -2.49. The normalized spacial score (nSPS) is 16.6. The van der Waals surface area contributed by atoms with Crippen LogP contribution in [0.3, 0.4) is 0 Å². The summed E-state index contributed by atoms with van der Waals surface area (Å²) < 4.78 is 13.2. The molecule has 0 radical (unpaired) electrons. The summed E-state index contributed by atoms with van der Waals surface area (Å²) in [6, 6.07) is 6.64. The van der Waals surface area contributed by atoms with Gasteiger partial charge in [-0.1, -0.05) is 19.1 Å². The van der Waals surface area contributed by atoms with E-state index < -0.39 is 0 Å². The number of benzene rings is 1. The number of aliphatic hydroxyl groups excluding tert-OH is 1. The van der Waals surface area contributed by atoms with Gasteiger partial charge in [0, 0.05) is 50.4 Å². The zero-order valence-corrected chi connectivity index (χ0v) is 16.5. The van der Waals surface area contributed by atoms with E-state index in [0.29, 0.717) is 6.42 Å². The van der Waals surface area contributed by atoms with E-state index in [1.807, 2.05) is 32.9 Å². The number of aliphatic hydroxyl groups is 1. The molecular formula is C21H29FN4O. The van der Waals surface area contributed by atoms with Gasteiger partial charge in [-0.2, -0.15) is 0 Å². The van der Waals surface area contributed by atoms with E-state index in [1.165, 1.54) is 12.1 Å². The van der Waals surface area contributed by atoms with E-state index >= 15 is 0 Å². The predicted octanol–water partition coefficient (Wildman–Crippen LogP) is 2.72. The minimum atomic E-state index is -0.255. The molecule has 1 N–H and O–H groups in total. The molecule has 1 aromatic carbocycles. The van der Waals surface area contributed by atoms with Crippen LogP contribution in [0, 0.1) is 19.7 Å². The molecule has 1 atom stereocenters. The van der Waals surface area contributed by atoms with Crippen molar-refractivity contribution in [3.63, 3.8) is 0 Å². The van der Waals surface area contributed by atoms with E-state index in [2.05, 4.69) is 14.8 Å². The zero-order chi connectivity index (χ0) is 19.4. The number of β-amino-alcohol motifs (C(OH)–C–C–N with tert-alkyl or cyclic N) is 1. The first-order chi connectivity index (χ1) is 13.0. The lowest BCUT2D eigenvalue weighted by molar-refractivity contribution is 0.106. The second-order valence-corrected chi connectivity index (χ2v) is 7.31. The summed E-state index contributed by atoms with van der Waals surface area (Å²) in [7, 11) is 0. The van der Waals surface area contributed by atoms with Crippen LogP contribution in [0.1, 0.15) is 36.0 Å². The summed E-state index contributed by atoms with van der Waals surface area (Å²) in [6.45, 7) is 10.3. The van der Waals surface area contributed by atoms with Crippen molar-refractivity contribution in [2.24, 2.45) is 0 Å². The molecule has 5 nitrogen and oxygen atoms in total. The van der Waals surface area contributed by atoms with Crippen LogP contribution in [0.4, 0.5) is 10.2 Å². The molecule has 1 aliphatic heterocycles. The molecule has 0 unspecified atom stereocenters. The Morgan fingerprint density at radius 3 is 2.37 bits per heavy atom. The molecule has 1 saturated heterocycles. The van der Waals surface area contributed by atoms with Gasteiger partial charge in [-0.15, -0.1) is 0 Å². The second kappa shape index (κ2) is 8.76. The maximum Gasteiger partial charge on any atom is 0.136 e. The average Bonchev–Trinajstić information content (AvgIpc) is 2.66. The molecule has 1 aliphatic rings. The largest absolute Gasteiger partial charge is 0.392 e. The topological polar surface area (TPSA) is 52.5 Å². The van der Waals surface area contributed by atoms with Crippen molar-refractivity contribution in [1.82, 2.24) is 14.9 Å². The molecule has 146 valence electrons. The summed E-state index contributed by atoms with van der Waals surface area (Å²) in [4.78, 5) is 13.9. The van der Waals surface area contributed by atoms with Crippen molar-refractivity contribution in [3.05, 3.63) is 52.7 Å². The average molecular weight is 372 g/mol. The number of hydrogen-bond donors (Lipinski definition) is 1. The predicted molar refractivity (Wildman–Crippen MR) is 106 cm³/mol. The van der Waals surface area contributed by atoms with Crippen LogP contribution in [0.2, 0.25) is 0 Å². The molecule has 0 amide bonds. The van der Waals surface area contributed by atoms with Gasteiger partial charge in [0.1, 0.15) is 17.5 Å². The van der Waals surface area contributed by atoms with Crippen LogP contribution in [-0.4, -0.2) is 58.8 Å². The van der Waals surface area contributed by atoms with Crippen molar-refractivity contribution in [2.75, 3.05) is 37.6 Å². The first kappa shape index (κ1) is 19.7. The smallest absolute Gasteiger partial charge is 0.136 e. The third kappa shape index (κ3) is 5.02. The Morgan fingerprint density at radius 2 is 1.74 bits per heavy atom. The molecular weight excluding hydrogens is 343 g/mol. The SMILES string of the molecule is CC[C@@H](O)CN1CCN(c2nc(C)nc(C)c2Cc2ccc(F)cc2)CC1. The monoisotopic (exact) mass is 372 g/mol. The van der Waals surface area contributed by atoms with Gasteiger partial charge < -0.3 is 10.0 Å². The zero-order valence-electron chi connectivity index (χ0n) is 16.5. The fourth-order valence-corrected chi connectivity index (χ4v) is 3.56. The summed E-state index contributed by atoms with van der Waals surface area (Å²) >= 11 is 0. The number of halogens is 1. The Balaban J connectivity index is 1.78. The summed E-state index contributed by atoms with van der Waals surface area (Å²) in [6.07, 6.45) is 1.22. The van der Waals surface area contributed by atoms with E-state index in [1.54, 1.807) is 0 Å². The molecule has 2 aromatic rings. The van der Waals surface area contributed by atoms with E-state index in [-0.39, 0.29) is 11.9 Å². The fourth-order valence-electron chi connectivity index (χ4n) is 3.56. The minimum Gasteiger partial charge on any atom is -0.392 e. The molecule has 3 rings (SSSR count). The number of piperazine rings is 1. The maximum atomic E-state index is 13.2. The van der Waals surface area contributed by atoms with Gasteiger partial charge in [0.2, 0.25) is 0 Å². The van der Waals surface area contributed by atoms with Crippen molar-refractivity contribution in [2.45, 2.75) is 39.7 Å². The van der Waals surface area contributed by atoms with Gasteiger partial charge in [0.15, 0.2) is 0 Å². The molecule has 0 saturated carbocycles. The Morgan fingerprint density at radius 1 is 1.07 bits per heavy atom. The van der Waals surface area contributed by atoms with Crippen LogP contribution in [0.15, 0.2) is 24.3 Å². The molecule has 2 heterocycles. The third-order valence-electron chi connectivity index (χ3n) is 5.21. The highest BCUT2D eigenvalue weighted by Gasteiger charge is 2.23. The van der Waals surface area contributed by atoms with Gasteiger partial charge in [0.05, 0.1) is 6.10 Å². The van der Waals surface area contributed by atoms with Crippen molar-refractivity contribution in [3.8, 4) is 0 Å². The third-order valence-corrected chi connectivity index (χ3v) is 5.21. The molecule has 0 bridgehead atoms. The van der Waals surface area contributed by atoms with Crippen LogP contribution in [-0.2, 0) is 6.42 Å². The van der Waals surface area contributed by atoms with Gasteiger partial charge in [-0.25, -0.2) is 14.4 Å². The molecule has 1 fully saturated rings. The number of aromatic nitrogens is 2. The van der Waals surface area contributed by atoms with Crippen LogP contribution in [0.5, 0.6) is 0 Å². The Kier molecular flexibility index (Phi) is 6.39. The number of aryl methyl sites for hydroxylation is 2. The summed E-state index contributed by atoms with van der Waals surface area (Å²) in [5.41, 5.74) is 3.14. The van der Waals surface area contributed by atoms with Crippen molar-refractivity contribution >= 4 is 5.82 Å². The molecule has 0 aliphatic carbocycles. The first-order valence-electron chi connectivity index (χ1n) is 9.70. The van der Waals surface area contributed by atoms with Crippen LogP contribution < -0.4 is 4.90 Å². The number of rotatable bonds is 6. The van der Waals surface area contributed by atoms with Crippen molar-refractivity contribution in [1.29, 1.82) is 0 Å². The summed E-state index contributed by atoms with van der Waals surface area (Å²) in [5, 5.41) is 9.89. The van der Waals surface area contributed by atoms with Gasteiger partial charge in [-0.3, -0.25) is 4.90 Å². The minimum absolute atomic E-state index is 0.221. The highest BCUT2D eigenvalue weighted by molar-refractivity contribution is 5.51. The van der Waals surface area contributed by atoms with Crippen LogP contribution in [0.25, 0.3) is 0 Å². The van der Waals surface area contributed by atoms with E-state index in [0.717, 1.165) is 67.6 Å². The highest BCUT2D eigenvalue weighted by atomic mass is 19.1. The highest BCUT2D eigenvalue weighted by Crippen LogP contribution is 2.25. The quantitative estimate of drug-likeness (QED) is 0.845. The standard InChI is InChI=1S/C21H29FN4O/c1-4-19(27)14-25-9-11-26(12-10-25)21-20(15(2)23-16(3)24-21)13-17-5-7-18(22)8-6-17/h5-8,19,27H,4,9-14H2,1-3H3/t19-/m1/s1. The molecule has 0 spiro atoms. The van der Waals surface area contributed by atoms with Crippen molar-refractivity contribution < 1.29 is 9.50 Å². The Bertz CT molecular complexity index is 758. The molecule has 6 heteroatoms. The lowest BCUT2D eigenvalue weighted by Gasteiger charge is -2.37. The Hall–Kier alpha value is -2.05. The van der Waals surface area contributed by atoms with E-state index in [9.17, 15) is 9.50 Å². The van der Waals surface area contributed by atoms with Gasteiger partial charge in [-0.05, 0) is 38.0 Å². The summed E-state index contributed by atoms with van der Waals surface area (Å²) in [5.74, 6) is 1.54. The number of hydrogen-bond acceptors (Lipinski definition) is 5. The fraction of sp³-hybridized carbons (Fsp3) is 0.524. The molecule has 1 aromatic heterocycles. The Labute approximate surface area is 160 Å². The number of nitrogens with zero attached hydrogens (tertiary/aromatic N) is 4. The van der Waals surface area contributed by atoms with Crippen LogP contribution >= 0.6 is 0 Å². The van der Waals surface area contributed by atoms with E-state index in [4.69, 9.17) is 4.98 Å². The maximum absolute atomic E-state index is 13.2. The first-order valence-corrected chi connectivity index (χ1v) is 9.70.